The second-order valence-corrected chi connectivity index (χ2v) is 9.70. The number of aryl methyl sites for hydroxylation is 3. The maximum atomic E-state index is 13.2. The Morgan fingerprint density at radius 1 is 1.15 bits per heavy atom. The molecule has 0 saturated carbocycles. The first-order valence-electron chi connectivity index (χ1n) is 10.8. The number of sulfonamides is 1. The average molecular weight is 478 g/mol. The second-order valence-electron chi connectivity index (χ2n) is 7.82. The van der Waals surface area contributed by atoms with E-state index in [0.29, 0.717) is 37.6 Å². The molecule has 13 heteroatoms. The Kier molecular flexibility index (Phi) is 6.34. The Labute approximate surface area is 191 Å². The lowest BCUT2D eigenvalue weighted by molar-refractivity contribution is -0.143. The summed E-state index contributed by atoms with van der Waals surface area (Å²) < 4.78 is 39.6. The van der Waals surface area contributed by atoms with E-state index in [1.54, 1.807) is 25.3 Å². The van der Waals surface area contributed by atoms with Crippen LogP contribution in [0.1, 0.15) is 36.1 Å². The van der Waals surface area contributed by atoms with Crippen LogP contribution >= 0.6 is 0 Å². The molecule has 1 fully saturated rings. The van der Waals surface area contributed by atoms with Gasteiger partial charge in [-0.05, 0) is 34.1 Å². The van der Waals surface area contributed by atoms with Gasteiger partial charge in [0.05, 0.1) is 6.61 Å². The third kappa shape index (κ3) is 4.29. The van der Waals surface area contributed by atoms with E-state index in [9.17, 15) is 13.2 Å². The molecule has 4 heterocycles. The number of hydrogen-bond donors (Lipinski definition) is 0. The molecule has 0 amide bonds. The molecule has 0 radical (unpaired) electrons. The summed E-state index contributed by atoms with van der Waals surface area (Å²) in [5.41, 5.74) is 1.97. The van der Waals surface area contributed by atoms with Crippen LogP contribution in [0.3, 0.4) is 0 Å². The van der Waals surface area contributed by atoms with E-state index in [-0.39, 0.29) is 36.1 Å². The van der Waals surface area contributed by atoms with Crippen molar-refractivity contribution in [2.45, 2.75) is 45.4 Å². The van der Waals surface area contributed by atoms with Crippen LogP contribution < -0.4 is 4.90 Å². The van der Waals surface area contributed by atoms with Crippen LogP contribution in [0.25, 0.3) is 5.78 Å². The normalized spacial score (nSPS) is 15.3. The fourth-order valence-corrected chi connectivity index (χ4v) is 5.87. The molecule has 0 unspecified atom stereocenters. The number of hydrogen-bond acceptors (Lipinski definition) is 10. The second kappa shape index (κ2) is 9.06. The molecule has 3 aromatic heterocycles. The van der Waals surface area contributed by atoms with Gasteiger partial charge < -0.3 is 14.2 Å². The van der Waals surface area contributed by atoms with Gasteiger partial charge in [-0.2, -0.15) is 18.9 Å². The van der Waals surface area contributed by atoms with Crippen LogP contribution in [0.2, 0.25) is 0 Å². The molecule has 33 heavy (non-hydrogen) atoms. The number of piperazine rings is 1. The summed E-state index contributed by atoms with van der Waals surface area (Å²) in [4.78, 5) is 22.9. The molecule has 0 aromatic carbocycles. The molecule has 1 saturated heterocycles. The van der Waals surface area contributed by atoms with Crippen molar-refractivity contribution in [2.75, 3.05) is 37.7 Å². The smallest absolute Gasteiger partial charge is 0.306 e. The van der Waals surface area contributed by atoms with E-state index >= 15 is 0 Å². The first-order valence-corrected chi connectivity index (χ1v) is 12.2. The first kappa shape index (κ1) is 23.1. The molecule has 0 aliphatic carbocycles. The summed E-state index contributed by atoms with van der Waals surface area (Å²) >= 11 is 0. The molecule has 0 N–H and O–H groups in total. The molecule has 12 nitrogen and oxygen atoms in total. The van der Waals surface area contributed by atoms with Crippen molar-refractivity contribution < 1.29 is 22.5 Å². The molecular weight excluding hydrogens is 450 g/mol. The number of carbonyl (C=O) groups is 1. The molecule has 0 atom stereocenters. The van der Waals surface area contributed by atoms with E-state index in [1.807, 2.05) is 6.92 Å². The number of esters is 1. The Balaban J connectivity index is 1.61. The standard InChI is InChI=1S/C20H27N7O5S/c1-5-31-17(28)7-6-16-13(2)23-20-21-12-22-27(20)19(16)25-8-10-26(11-9-25)33(29,30)18-14(3)24-32-15(18)4/h12H,5-11H2,1-4H3. The van der Waals surface area contributed by atoms with Gasteiger partial charge in [0.1, 0.15) is 22.7 Å². The monoisotopic (exact) mass is 477 g/mol. The maximum absolute atomic E-state index is 13.2. The van der Waals surface area contributed by atoms with Gasteiger partial charge >= 0.3 is 5.97 Å². The minimum absolute atomic E-state index is 0.129. The first-order chi connectivity index (χ1) is 15.7. The van der Waals surface area contributed by atoms with Crippen molar-refractivity contribution in [3.05, 3.63) is 29.0 Å². The van der Waals surface area contributed by atoms with Gasteiger partial charge in [-0.1, -0.05) is 5.16 Å². The van der Waals surface area contributed by atoms with E-state index in [1.165, 1.54) is 10.6 Å². The number of ether oxygens (including phenoxy) is 1. The summed E-state index contributed by atoms with van der Waals surface area (Å²) in [6.45, 7) is 8.62. The van der Waals surface area contributed by atoms with E-state index in [2.05, 4.69) is 25.1 Å². The Morgan fingerprint density at radius 3 is 2.52 bits per heavy atom. The van der Waals surface area contributed by atoms with Crippen LogP contribution in [0, 0.1) is 20.8 Å². The fraction of sp³-hybridized carbons (Fsp3) is 0.550. The minimum atomic E-state index is -3.72. The Hall–Kier alpha value is -3.06. The van der Waals surface area contributed by atoms with Crippen LogP contribution in [0.5, 0.6) is 0 Å². The van der Waals surface area contributed by atoms with Crippen molar-refractivity contribution in [2.24, 2.45) is 0 Å². The van der Waals surface area contributed by atoms with Crippen molar-refractivity contribution in [3.63, 3.8) is 0 Å². The lowest BCUT2D eigenvalue weighted by Crippen LogP contribution is -2.49. The van der Waals surface area contributed by atoms with Gasteiger partial charge in [0.25, 0.3) is 5.78 Å². The van der Waals surface area contributed by atoms with Crippen molar-refractivity contribution >= 4 is 27.6 Å². The molecule has 3 aromatic rings. The molecule has 0 spiro atoms. The number of rotatable bonds is 7. The zero-order valence-corrected chi connectivity index (χ0v) is 19.9. The third-order valence-electron chi connectivity index (χ3n) is 5.69. The summed E-state index contributed by atoms with van der Waals surface area (Å²) in [5, 5.41) is 8.11. The minimum Gasteiger partial charge on any atom is -0.466 e. The average Bonchev–Trinajstić information content (AvgIpc) is 3.37. The maximum Gasteiger partial charge on any atom is 0.306 e. The largest absolute Gasteiger partial charge is 0.466 e. The van der Waals surface area contributed by atoms with Gasteiger partial charge in [-0.15, -0.1) is 0 Å². The number of anilines is 1. The van der Waals surface area contributed by atoms with Crippen LogP contribution in [0.4, 0.5) is 5.82 Å². The van der Waals surface area contributed by atoms with Gasteiger partial charge in [-0.3, -0.25) is 4.79 Å². The highest BCUT2D eigenvalue weighted by molar-refractivity contribution is 7.89. The number of aromatic nitrogens is 5. The van der Waals surface area contributed by atoms with Crippen molar-refractivity contribution in [1.82, 2.24) is 29.0 Å². The number of nitrogens with zero attached hydrogens (tertiary/aromatic N) is 7. The van der Waals surface area contributed by atoms with Gasteiger partial charge in [0.15, 0.2) is 5.76 Å². The quantitative estimate of drug-likeness (QED) is 0.454. The fourth-order valence-electron chi connectivity index (χ4n) is 4.16. The predicted octanol–water partition coefficient (Wildman–Crippen LogP) is 1.04. The third-order valence-corrected chi connectivity index (χ3v) is 7.84. The van der Waals surface area contributed by atoms with E-state index in [4.69, 9.17) is 9.26 Å². The number of carbonyl (C=O) groups excluding carboxylic acids is 1. The summed E-state index contributed by atoms with van der Waals surface area (Å²) in [5.74, 6) is 1.23. The van der Waals surface area contributed by atoms with Gasteiger partial charge in [0.2, 0.25) is 10.0 Å². The molecular formula is C20H27N7O5S. The highest BCUT2D eigenvalue weighted by Crippen LogP contribution is 2.28. The molecule has 178 valence electrons. The van der Waals surface area contributed by atoms with E-state index in [0.717, 1.165) is 17.1 Å². The molecule has 1 aliphatic heterocycles. The summed E-state index contributed by atoms with van der Waals surface area (Å²) in [7, 11) is -3.72. The van der Waals surface area contributed by atoms with Crippen molar-refractivity contribution in [3.8, 4) is 0 Å². The number of fused-ring (bicyclic) bond motifs is 1. The predicted molar refractivity (Wildman–Crippen MR) is 117 cm³/mol. The Morgan fingerprint density at radius 2 is 1.88 bits per heavy atom. The van der Waals surface area contributed by atoms with Gasteiger partial charge in [-0.25, -0.2) is 13.4 Å². The van der Waals surface area contributed by atoms with Crippen LogP contribution in [-0.2, 0) is 26.0 Å². The lowest BCUT2D eigenvalue weighted by atomic mass is 10.1. The zero-order valence-electron chi connectivity index (χ0n) is 19.1. The Bertz CT molecular complexity index is 1260. The zero-order chi connectivity index (χ0) is 23.8. The molecule has 4 rings (SSSR count). The van der Waals surface area contributed by atoms with Gasteiger partial charge in [0, 0.05) is 43.9 Å². The molecule has 1 aliphatic rings. The summed E-state index contributed by atoms with van der Waals surface area (Å²) in [6.07, 6.45) is 2.07. The highest BCUT2D eigenvalue weighted by atomic mass is 32.2. The highest BCUT2D eigenvalue weighted by Gasteiger charge is 2.34. The lowest BCUT2D eigenvalue weighted by Gasteiger charge is -2.36. The summed E-state index contributed by atoms with van der Waals surface area (Å²) in [6, 6.07) is 0. The van der Waals surface area contributed by atoms with Crippen LogP contribution in [0.15, 0.2) is 15.7 Å². The topological polar surface area (TPSA) is 136 Å². The SMILES string of the molecule is CCOC(=O)CCc1c(C)nc2ncnn2c1N1CCN(S(=O)(=O)c2c(C)noc2C)CC1. The van der Waals surface area contributed by atoms with E-state index < -0.39 is 10.0 Å². The van der Waals surface area contributed by atoms with Crippen LogP contribution in [-0.4, -0.2) is 76.2 Å². The van der Waals surface area contributed by atoms with Crippen molar-refractivity contribution in [1.29, 1.82) is 0 Å². The molecule has 0 bridgehead atoms.